The van der Waals surface area contributed by atoms with Crippen molar-refractivity contribution in [2.45, 2.75) is 28.3 Å². The molecule has 0 aliphatic carbocycles. The highest BCUT2D eigenvalue weighted by atomic mass is 32.2. The summed E-state index contributed by atoms with van der Waals surface area (Å²) in [5.74, 6) is 0. The maximum absolute atomic E-state index is 11.4. The van der Waals surface area contributed by atoms with E-state index in [1.165, 1.54) is 18.0 Å². The number of nitrogens with zero attached hydrogens (tertiary/aromatic N) is 2. The quantitative estimate of drug-likeness (QED) is 0.930. The molecule has 0 atom stereocenters. The van der Waals surface area contributed by atoms with Gasteiger partial charge in [-0.1, -0.05) is 11.8 Å². The first-order valence-electron chi connectivity index (χ1n) is 6.03. The highest BCUT2D eigenvalue weighted by molar-refractivity contribution is 7.99. The number of sulfone groups is 1. The lowest BCUT2D eigenvalue weighted by molar-refractivity contribution is 0.602. The number of aromatic nitrogens is 2. The van der Waals surface area contributed by atoms with Crippen LogP contribution in [0.25, 0.3) is 0 Å². The summed E-state index contributed by atoms with van der Waals surface area (Å²) in [4.78, 5) is 1.28. The molecule has 0 aliphatic heterocycles. The molecule has 1 aromatic heterocycles. The van der Waals surface area contributed by atoms with Gasteiger partial charge in [-0.25, -0.2) is 8.42 Å². The molecular formula is C13H17N3O2S2. The molecule has 2 N–H and O–H groups in total. The minimum Gasteiger partial charge on any atom is -0.326 e. The molecular weight excluding hydrogens is 294 g/mol. The summed E-state index contributed by atoms with van der Waals surface area (Å²) in [5, 5.41) is 5.34. The van der Waals surface area contributed by atoms with Crippen molar-refractivity contribution in [2.75, 3.05) is 6.26 Å². The Morgan fingerprint density at radius 2 is 1.90 bits per heavy atom. The Labute approximate surface area is 123 Å². The van der Waals surface area contributed by atoms with Crippen molar-refractivity contribution < 1.29 is 8.42 Å². The number of rotatable bonds is 4. The Morgan fingerprint density at radius 3 is 2.40 bits per heavy atom. The van der Waals surface area contributed by atoms with Gasteiger partial charge in [-0.2, -0.15) is 5.10 Å². The van der Waals surface area contributed by atoms with Gasteiger partial charge >= 0.3 is 0 Å². The monoisotopic (exact) mass is 311 g/mol. The van der Waals surface area contributed by atoms with Crippen LogP contribution >= 0.6 is 11.8 Å². The first-order chi connectivity index (χ1) is 9.32. The van der Waals surface area contributed by atoms with Crippen LogP contribution in [-0.4, -0.2) is 24.5 Å². The highest BCUT2D eigenvalue weighted by Gasteiger charge is 2.13. The van der Waals surface area contributed by atoms with E-state index in [0.29, 0.717) is 11.4 Å². The average molecular weight is 311 g/mol. The Morgan fingerprint density at radius 1 is 1.30 bits per heavy atom. The van der Waals surface area contributed by atoms with E-state index >= 15 is 0 Å². The van der Waals surface area contributed by atoms with Gasteiger partial charge in [0.15, 0.2) is 9.84 Å². The van der Waals surface area contributed by atoms with E-state index in [0.717, 1.165) is 21.2 Å². The molecule has 2 aromatic rings. The van der Waals surface area contributed by atoms with Gasteiger partial charge in [-0.05, 0) is 31.2 Å². The van der Waals surface area contributed by atoms with E-state index in [1.54, 1.807) is 28.9 Å². The van der Waals surface area contributed by atoms with Crippen LogP contribution in [0.2, 0.25) is 0 Å². The third kappa shape index (κ3) is 3.05. The molecule has 1 aromatic carbocycles. The van der Waals surface area contributed by atoms with E-state index in [2.05, 4.69) is 5.10 Å². The van der Waals surface area contributed by atoms with Crippen LogP contribution in [0.1, 0.15) is 11.3 Å². The largest absolute Gasteiger partial charge is 0.326 e. The van der Waals surface area contributed by atoms with E-state index < -0.39 is 9.84 Å². The van der Waals surface area contributed by atoms with Gasteiger partial charge in [0.1, 0.15) is 5.03 Å². The van der Waals surface area contributed by atoms with Crippen molar-refractivity contribution in [3.8, 4) is 0 Å². The molecule has 0 spiro atoms. The normalized spacial score (nSPS) is 11.8. The first kappa shape index (κ1) is 15.1. The van der Waals surface area contributed by atoms with Crippen molar-refractivity contribution >= 4 is 21.6 Å². The molecule has 108 valence electrons. The van der Waals surface area contributed by atoms with E-state index in [4.69, 9.17) is 5.73 Å². The number of nitrogens with two attached hydrogens (primary N) is 1. The summed E-state index contributed by atoms with van der Waals surface area (Å²) in [6.45, 7) is 2.36. The van der Waals surface area contributed by atoms with Gasteiger partial charge in [0.2, 0.25) is 0 Å². The van der Waals surface area contributed by atoms with Crippen LogP contribution in [0.5, 0.6) is 0 Å². The van der Waals surface area contributed by atoms with Gasteiger partial charge in [0.25, 0.3) is 0 Å². The molecule has 0 bridgehead atoms. The number of aryl methyl sites for hydroxylation is 2. The third-order valence-electron chi connectivity index (χ3n) is 2.96. The lowest BCUT2D eigenvalue weighted by Crippen LogP contribution is -2.00. The average Bonchev–Trinajstić information content (AvgIpc) is 2.63. The fraction of sp³-hybridized carbons (Fsp3) is 0.308. The predicted octanol–water partition coefficient (Wildman–Crippen LogP) is 1.74. The van der Waals surface area contributed by atoms with Crippen LogP contribution in [0.4, 0.5) is 0 Å². The Kier molecular flexibility index (Phi) is 4.22. The standard InChI is InChI=1S/C13H17N3O2S2/c1-9-12(8-14)13(16(2)15-9)19-10-4-6-11(7-5-10)20(3,17)18/h4-7H,8,14H2,1-3H3. The van der Waals surface area contributed by atoms with Crippen LogP contribution < -0.4 is 5.73 Å². The highest BCUT2D eigenvalue weighted by Crippen LogP contribution is 2.31. The lowest BCUT2D eigenvalue weighted by atomic mass is 10.3. The second kappa shape index (κ2) is 5.59. The number of hydrogen-bond acceptors (Lipinski definition) is 5. The fourth-order valence-electron chi connectivity index (χ4n) is 1.91. The molecule has 2 rings (SSSR count). The van der Waals surface area contributed by atoms with Crippen molar-refractivity contribution in [2.24, 2.45) is 12.8 Å². The van der Waals surface area contributed by atoms with Gasteiger partial charge in [-0.3, -0.25) is 4.68 Å². The van der Waals surface area contributed by atoms with Gasteiger partial charge in [-0.15, -0.1) is 0 Å². The number of hydrogen-bond donors (Lipinski definition) is 1. The van der Waals surface area contributed by atoms with Gasteiger partial charge < -0.3 is 5.73 Å². The third-order valence-corrected chi connectivity index (χ3v) is 5.30. The van der Waals surface area contributed by atoms with Crippen LogP contribution in [0, 0.1) is 6.92 Å². The molecule has 0 fully saturated rings. The molecule has 5 nitrogen and oxygen atoms in total. The summed E-state index contributed by atoms with van der Waals surface area (Å²) >= 11 is 1.53. The molecule has 0 saturated heterocycles. The van der Waals surface area contributed by atoms with Crippen LogP contribution in [0.15, 0.2) is 39.1 Å². The van der Waals surface area contributed by atoms with Crippen LogP contribution in [-0.2, 0) is 23.4 Å². The summed E-state index contributed by atoms with van der Waals surface area (Å²) in [6, 6.07) is 6.82. The van der Waals surface area contributed by atoms with E-state index in [-0.39, 0.29) is 0 Å². The molecule has 0 saturated carbocycles. The van der Waals surface area contributed by atoms with Crippen molar-refractivity contribution in [1.29, 1.82) is 0 Å². The smallest absolute Gasteiger partial charge is 0.175 e. The minimum atomic E-state index is -3.16. The number of benzene rings is 1. The molecule has 0 unspecified atom stereocenters. The van der Waals surface area contributed by atoms with E-state index in [1.807, 2.05) is 14.0 Å². The topological polar surface area (TPSA) is 78.0 Å². The zero-order valence-electron chi connectivity index (χ0n) is 11.6. The Hall–Kier alpha value is -1.31. The summed E-state index contributed by atoms with van der Waals surface area (Å²) < 4.78 is 24.6. The zero-order chi connectivity index (χ0) is 14.9. The summed E-state index contributed by atoms with van der Waals surface area (Å²) in [6.07, 6.45) is 1.20. The Balaban J connectivity index is 2.32. The van der Waals surface area contributed by atoms with Gasteiger partial charge in [0.05, 0.1) is 10.6 Å². The zero-order valence-corrected chi connectivity index (χ0v) is 13.3. The van der Waals surface area contributed by atoms with Crippen molar-refractivity contribution in [3.05, 3.63) is 35.5 Å². The Bertz CT molecular complexity index is 719. The minimum absolute atomic E-state index is 0.321. The molecule has 1 heterocycles. The van der Waals surface area contributed by atoms with E-state index in [9.17, 15) is 8.42 Å². The van der Waals surface area contributed by atoms with Crippen molar-refractivity contribution in [3.63, 3.8) is 0 Å². The van der Waals surface area contributed by atoms with Crippen molar-refractivity contribution in [1.82, 2.24) is 9.78 Å². The second-order valence-corrected chi connectivity index (χ2v) is 7.62. The maximum atomic E-state index is 11.4. The molecule has 0 radical (unpaired) electrons. The second-order valence-electron chi connectivity index (χ2n) is 4.54. The molecule has 0 amide bonds. The predicted molar refractivity (Wildman–Crippen MR) is 79.5 cm³/mol. The van der Waals surface area contributed by atoms with Gasteiger partial charge in [0, 0.05) is 30.3 Å². The molecule has 20 heavy (non-hydrogen) atoms. The fourth-order valence-corrected chi connectivity index (χ4v) is 3.56. The summed E-state index contributed by atoms with van der Waals surface area (Å²) in [5.41, 5.74) is 7.69. The first-order valence-corrected chi connectivity index (χ1v) is 8.74. The summed E-state index contributed by atoms with van der Waals surface area (Å²) in [7, 11) is -1.28. The molecule has 0 aliphatic rings. The lowest BCUT2D eigenvalue weighted by Gasteiger charge is -2.06. The molecule has 7 heteroatoms. The SMILES string of the molecule is Cc1nn(C)c(Sc2ccc(S(C)(=O)=O)cc2)c1CN. The van der Waals surface area contributed by atoms with Crippen LogP contribution in [0.3, 0.4) is 0 Å². The maximum Gasteiger partial charge on any atom is 0.175 e.